The summed E-state index contributed by atoms with van der Waals surface area (Å²) in [5, 5.41) is 0. The van der Waals surface area contributed by atoms with E-state index in [9.17, 15) is 4.79 Å². The Morgan fingerprint density at radius 3 is 2.82 bits per heavy atom. The lowest BCUT2D eigenvalue weighted by atomic mass is 10.1. The maximum atomic E-state index is 12.9. The van der Waals surface area contributed by atoms with Crippen molar-refractivity contribution in [2.45, 2.75) is 26.8 Å². The van der Waals surface area contributed by atoms with Crippen LogP contribution >= 0.6 is 0 Å². The molecular weight excluding hydrogens is 282 g/mol. The van der Waals surface area contributed by atoms with Gasteiger partial charge in [0, 0.05) is 24.6 Å². The molecule has 22 heavy (non-hydrogen) atoms. The second-order valence-electron chi connectivity index (χ2n) is 5.46. The molecule has 7 heteroatoms. The highest BCUT2D eigenvalue weighted by Crippen LogP contribution is 2.24. The monoisotopic (exact) mass is 301 g/mol. The zero-order valence-corrected chi connectivity index (χ0v) is 13.0. The molecule has 0 radical (unpaired) electrons. The second kappa shape index (κ2) is 5.84. The molecule has 0 bridgehead atoms. The van der Waals surface area contributed by atoms with Gasteiger partial charge < -0.3 is 14.6 Å². The van der Waals surface area contributed by atoms with Gasteiger partial charge in [0.05, 0.1) is 24.5 Å². The summed E-state index contributed by atoms with van der Waals surface area (Å²) in [5.74, 6) is 1.32. The van der Waals surface area contributed by atoms with Crippen LogP contribution in [0.1, 0.15) is 39.4 Å². The predicted octanol–water partition coefficient (Wildman–Crippen LogP) is 1.34. The number of carbonyl (C=O) groups excluding carboxylic acids is 1. The smallest absolute Gasteiger partial charge is 0.258 e. The fraction of sp³-hybridized carbons (Fsp3) is 0.467. The SMILES string of the molecule is Cc1ncc(C(=O)N2CCOC[C@@H]2c2ncc(C)[nH]2)c(C)n1. The first-order valence-electron chi connectivity index (χ1n) is 7.26. The maximum absolute atomic E-state index is 12.9. The molecule has 1 atom stereocenters. The van der Waals surface area contributed by atoms with Gasteiger partial charge in [-0.1, -0.05) is 0 Å². The molecule has 1 aliphatic heterocycles. The Morgan fingerprint density at radius 1 is 1.32 bits per heavy atom. The number of aryl methyl sites for hydroxylation is 3. The average molecular weight is 301 g/mol. The molecule has 2 aromatic rings. The summed E-state index contributed by atoms with van der Waals surface area (Å²) in [6, 6.07) is -0.212. The fourth-order valence-corrected chi connectivity index (χ4v) is 2.62. The molecule has 1 amide bonds. The van der Waals surface area contributed by atoms with Gasteiger partial charge in [-0.05, 0) is 20.8 Å². The van der Waals surface area contributed by atoms with Crippen molar-refractivity contribution in [1.82, 2.24) is 24.8 Å². The Hall–Kier alpha value is -2.28. The number of aromatic amines is 1. The number of hydrogen-bond acceptors (Lipinski definition) is 5. The number of imidazole rings is 1. The normalized spacial score (nSPS) is 18.5. The molecule has 0 aromatic carbocycles. The Morgan fingerprint density at radius 2 is 2.14 bits per heavy atom. The summed E-state index contributed by atoms with van der Waals surface area (Å²) in [7, 11) is 0. The second-order valence-corrected chi connectivity index (χ2v) is 5.46. The minimum atomic E-state index is -0.212. The van der Waals surface area contributed by atoms with Gasteiger partial charge in [-0.3, -0.25) is 4.79 Å². The number of hydrogen-bond donors (Lipinski definition) is 1. The van der Waals surface area contributed by atoms with E-state index in [1.54, 1.807) is 17.3 Å². The van der Waals surface area contributed by atoms with Crippen LogP contribution in [-0.4, -0.2) is 50.5 Å². The van der Waals surface area contributed by atoms with Crippen LogP contribution in [0, 0.1) is 20.8 Å². The summed E-state index contributed by atoms with van der Waals surface area (Å²) < 4.78 is 5.53. The van der Waals surface area contributed by atoms with E-state index in [0.717, 1.165) is 11.5 Å². The molecule has 3 rings (SSSR count). The molecule has 0 aliphatic carbocycles. The Bertz CT molecular complexity index is 697. The molecule has 3 heterocycles. The van der Waals surface area contributed by atoms with Gasteiger partial charge in [-0.2, -0.15) is 0 Å². The van der Waals surface area contributed by atoms with Crippen molar-refractivity contribution in [2.75, 3.05) is 19.8 Å². The first-order valence-corrected chi connectivity index (χ1v) is 7.26. The van der Waals surface area contributed by atoms with Crippen molar-refractivity contribution < 1.29 is 9.53 Å². The van der Waals surface area contributed by atoms with Crippen molar-refractivity contribution in [3.63, 3.8) is 0 Å². The zero-order chi connectivity index (χ0) is 15.7. The first kappa shape index (κ1) is 14.6. The molecule has 0 spiro atoms. The van der Waals surface area contributed by atoms with Crippen molar-refractivity contribution in [1.29, 1.82) is 0 Å². The van der Waals surface area contributed by atoms with Gasteiger partial charge in [-0.15, -0.1) is 0 Å². The number of nitrogens with one attached hydrogen (secondary N) is 1. The topological polar surface area (TPSA) is 84.0 Å². The molecular formula is C15H19N5O2. The van der Waals surface area contributed by atoms with Crippen LogP contribution < -0.4 is 0 Å². The summed E-state index contributed by atoms with van der Waals surface area (Å²) >= 11 is 0. The minimum Gasteiger partial charge on any atom is -0.377 e. The number of amides is 1. The highest BCUT2D eigenvalue weighted by Gasteiger charge is 2.32. The largest absolute Gasteiger partial charge is 0.377 e. The van der Waals surface area contributed by atoms with E-state index in [-0.39, 0.29) is 11.9 Å². The molecule has 1 N–H and O–H groups in total. The number of carbonyl (C=O) groups is 1. The van der Waals surface area contributed by atoms with E-state index < -0.39 is 0 Å². The number of rotatable bonds is 2. The van der Waals surface area contributed by atoms with E-state index >= 15 is 0 Å². The third-order valence-corrected chi connectivity index (χ3v) is 3.76. The maximum Gasteiger partial charge on any atom is 0.258 e. The summed E-state index contributed by atoms with van der Waals surface area (Å²) in [4.78, 5) is 30.6. The van der Waals surface area contributed by atoms with Crippen LogP contribution in [0.5, 0.6) is 0 Å². The predicted molar refractivity (Wildman–Crippen MR) is 79.4 cm³/mol. The number of H-pyrrole nitrogens is 1. The van der Waals surface area contributed by atoms with Crippen molar-refractivity contribution in [2.24, 2.45) is 0 Å². The third-order valence-electron chi connectivity index (χ3n) is 3.76. The molecule has 1 aliphatic rings. The number of morpholine rings is 1. The quantitative estimate of drug-likeness (QED) is 0.905. The van der Waals surface area contributed by atoms with Crippen LogP contribution in [0.2, 0.25) is 0 Å². The van der Waals surface area contributed by atoms with E-state index in [2.05, 4.69) is 19.9 Å². The first-order chi connectivity index (χ1) is 10.6. The van der Waals surface area contributed by atoms with Crippen LogP contribution in [0.25, 0.3) is 0 Å². The fourth-order valence-electron chi connectivity index (χ4n) is 2.62. The minimum absolute atomic E-state index is 0.0835. The number of ether oxygens (including phenoxy) is 1. The standard InChI is InChI=1S/C15H19N5O2/c1-9-6-17-14(18-9)13-8-22-5-4-20(13)15(21)12-7-16-11(3)19-10(12)2/h6-7,13H,4-5,8H2,1-3H3,(H,17,18)/t13-/m1/s1. The van der Waals surface area contributed by atoms with Gasteiger partial charge in [0.2, 0.25) is 0 Å². The third kappa shape index (κ3) is 2.71. The lowest BCUT2D eigenvalue weighted by Gasteiger charge is -2.34. The lowest BCUT2D eigenvalue weighted by molar-refractivity contribution is -0.00510. The van der Waals surface area contributed by atoms with Gasteiger partial charge >= 0.3 is 0 Å². The van der Waals surface area contributed by atoms with E-state index in [0.29, 0.717) is 36.8 Å². The Balaban J connectivity index is 1.91. The van der Waals surface area contributed by atoms with Crippen LogP contribution in [0.15, 0.2) is 12.4 Å². The molecule has 1 fully saturated rings. The Kier molecular flexibility index (Phi) is 3.89. The molecule has 1 saturated heterocycles. The number of aromatic nitrogens is 4. The van der Waals surface area contributed by atoms with Gasteiger partial charge in [0.1, 0.15) is 17.7 Å². The molecule has 0 unspecified atom stereocenters. The van der Waals surface area contributed by atoms with Crippen molar-refractivity contribution in [3.8, 4) is 0 Å². The molecule has 2 aromatic heterocycles. The van der Waals surface area contributed by atoms with Gasteiger partial charge in [0.25, 0.3) is 5.91 Å². The number of nitrogens with zero attached hydrogens (tertiary/aromatic N) is 4. The van der Waals surface area contributed by atoms with E-state index in [4.69, 9.17) is 4.74 Å². The molecule has 116 valence electrons. The highest BCUT2D eigenvalue weighted by atomic mass is 16.5. The molecule has 7 nitrogen and oxygen atoms in total. The van der Waals surface area contributed by atoms with Crippen LogP contribution in [-0.2, 0) is 4.74 Å². The zero-order valence-electron chi connectivity index (χ0n) is 13.0. The van der Waals surface area contributed by atoms with E-state index in [1.807, 2.05) is 20.8 Å². The van der Waals surface area contributed by atoms with Gasteiger partial charge in [0.15, 0.2) is 0 Å². The Labute approximate surface area is 128 Å². The average Bonchev–Trinajstić information content (AvgIpc) is 2.93. The molecule has 0 saturated carbocycles. The summed E-state index contributed by atoms with van der Waals surface area (Å²) in [6.07, 6.45) is 3.35. The van der Waals surface area contributed by atoms with Crippen molar-refractivity contribution >= 4 is 5.91 Å². The van der Waals surface area contributed by atoms with E-state index in [1.165, 1.54) is 0 Å². The van der Waals surface area contributed by atoms with Crippen LogP contribution in [0.4, 0.5) is 0 Å². The lowest BCUT2D eigenvalue weighted by Crippen LogP contribution is -2.44. The highest BCUT2D eigenvalue weighted by molar-refractivity contribution is 5.95. The summed E-state index contributed by atoms with van der Waals surface area (Å²) in [5.41, 5.74) is 2.18. The van der Waals surface area contributed by atoms with Gasteiger partial charge in [-0.25, -0.2) is 15.0 Å². The van der Waals surface area contributed by atoms with Crippen molar-refractivity contribution in [3.05, 3.63) is 41.0 Å². The van der Waals surface area contributed by atoms with Crippen LogP contribution in [0.3, 0.4) is 0 Å². The summed E-state index contributed by atoms with van der Waals surface area (Å²) in [6.45, 7) is 7.05.